The van der Waals surface area contributed by atoms with Crippen LogP contribution >= 0.6 is 0 Å². The van der Waals surface area contributed by atoms with Crippen LogP contribution in [-0.2, 0) is 4.79 Å². The van der Waals surface area contributed by atoms with Crippen LogP contribution < -0.4 is 20.7 Å². The van der Waals surface area contributed by atoms with E-state index in [9.17, 15) is 9.59 Å². The largest absolute Gasteiger partial charge is 0.482 e. The summed E-state index contributed by atoms with van der Waals surface area (Å²) in [6.07, 6.45) is 0. The van der Waals surface area contributed by atoms with Crippen molar-refractivity contribution in [2.75, 3.05) is 24.3 Å². The van der Waals surface area contributed by atoms with Gasteiger partial charge in [0.05, 0.1) is 5.56 Å². The van der Waals surface area contributed by atoms with E-state index >= 15 is 0 Å². The van der Waals surface area contributed by atoms with Crippen molar-refractivity contribution in [2.24, 2.45) is 0 Å². The molecule has 0 atom stereocenters. The van der Waals surface area contributed by atoms with Crippen LogP contribution in [0.5, 0.6) is 5.75 Å². The SMILES string of the molecule is CNC(=O)Nc1cccc(NC(=O)COc2ccccc2C#N)c1. The monoisotopic (exact) mass is 324 g/mol. The maximum atomic E-state index is 12.0. The first-order valence-corrected chi connectivity index (χ1v) is 7.13. The van der Waals surface area contributed by atoms with Crippen LogP contribution in [0, 0.1) is 11.3 Å². The van der Waals surface area contributed by atoms with Crippen molar-refractivity contribution in [3.63, 3.8) is 0 Å². The van der Waals surface area contributed by atoms with Gasteiger partial charge < -0.3 is 20.7 Å². The summed E-state index contributed by atoms with van der Waals surface area (Å²) >= 11 is 0. The molecule has 2 rings (SSSR count). The van der Waals surface area contributed by atoms with E-state index in [1.54, 1.807) is 48.5 Å². The van der Waals surface area contributed by atoms with Crippen LogP contribution in [0.1, 0.15) is 5.56 Å². The molecule has 0 aromatic heterocycles. The standard InChI is InChI=1S/C17H16N4O3/c1-19-17(23)21-14-7-4-6-13(9-14)20-16(22)11-24-15-8-3-2-5-12(15)10-18/h2-9H,11H2,1H3,(H,20,22)(H2,19,21,23). The summed E-state index contributed by atoms with van der Waals surface area (Å²) in [7, 11) is 1.51. The lowest BCUT2D eigenvalue weighted by Crippen LogP contribution is -2.24. The fourth-order valence-corrected chi connectivity index (χ4v) is 1.89. The van der Waals surface area contributed by atoms with Crippen LogP contribution in [0.3, 0.4) is 0 Å². The molecule has 0 bridgehead atoms. The van der Waals surface area contributed by atoms with Crippen molar-refractivity contribution in [3.05, 3.63) is 54.1 Å². The third-order valence-electron chi connectivity index (χ3n) is 3.00. The van der Waals surface area contributed by atoms with E-state index in [0.29, 0.717) is 22.7 Å². The summed E-state index contributed by atoms with van der Waals surface area (Å²) in [5, 5.41) is 16.7. The molecule has 0 aliphatic carbocycles. The Morgan fingerprint density at radius 2 is 1.79 bits per heavy atom. The minimum Gasteiger partial charge on any atom is -0.482 e. The molecular weight excluding hydrogens is 308 g/mol. The quantitative estimate of drug-likeness (QED) is 0.785. The maximum absolute atomic E-state index is 12.0. The Kier molecular flexibility index (Phi) is 5.75. The lowest BCUT2D eigenvalue weighted by Gasteiger charge is -2.10. The van der Waals surface area contributed by atoms with Gasteiger partial charge in [-0.1, -0.05) is 18.2 Å². The highest BCUT2D eigenvalue weighted by atomic mass is 16.5. The first kappa shape index (κ1) is 16.8. The number of ether oxygens (including phenoxy) is 1. The molecule has 24 heavy (non-hydrogen) atoms. The second kappa shape index (κ2) is 8.19. The maximum Gasteiger partial charge on any atom is 0.318 e. The number of anilines is 2. The topological polar surface area (TPSA) is 103 Å². The van der Waals surface area contributed by atoms with Crippen molar-refractivity contribution in [1.29, 1.82) is 5.26 Å². The number of nitrogens with one attached hydrogen (secondary N) is 3. The Hall–Kier alpha value is -3.53. The molecule has 122 valence electrons. The van der Waals surface area contributed by atoms with E-state index in [-0.39, 0.29) is 18.5 Å². The van der Waals surface area contributed by atoms with Crippen LogP contribution in [0.2, 0.25) is 0 Å². The van der Waals surface area contributed by atoms with Gasteiger partial charge in [0, 0.05) is 18.4 Å². The number of carbonyl (C=O) groups excluding carboxylic acids is 2. The third-order valence-corrected chi connectivity index (χ3v) is 3.00. The van der Waals surface area contributed by atoms with E-state index in [2.05, 4.69) is 16.0 Å². The summed E-state index contributed by atoms with van der Waals surface area (Å²) in [6, 6.07) is 15.0. The number of benzene rings is 2. The molecule has 2 aromatic rings. The number of urea groups is 1. The van der Waals surface area contributed by atoms with Crippen molar-refractivity contribution >= 4 is 23.3 Å². The minimum absolute atomic E-state index is 0.230. The van der Waals surface area contributed by atoms with Crippen molar-refractivity contribution in [1.82, 2.24) is 5.32 Å². The minimum atomic E-state index is -0.375. The van der Waals surface area contributed by atoms with Gasteiger partial charge in [-0.05, 0) is 30.3 Å². The molecule has 0 unspecified atom stereocenters. The molecular formula is C17H16N4O3. The van der Waals surface area contributed by atoms with Gasteiger partial charge in [-0.15, -0.1) is 0 Å². The highest BCUT2D eigenvalue weighted by Gasteiger charge is 2.07. The number of hydrogen-bond donors (Lipinski definition) is 3. The Morgan fingerprint density at radius 3 is 2.50 bits per heavy atom. The summed E-state index contributed by atoms with van der Waals surface area (Å²) in [6.45, 7) is -0.230. The van der Waals surface area contributed by atoms with E-state index < -0.39 is 0 Å². The number of nitrogens with zero attached hydrogens (tertiary/aromatic N) is 1. The number of amides is 3. The zero-order valence-corrected chi connectivity index (χ0v) is 13.0. The third kappa shape index (κ3) is 4.74. The lowest BCUT2D eigenvalue weighted by molar-refractivity contribution is -0.118. The van der Waals surface area contributed by atoms with Crippen molar-refractivity contribution in [3.8, 4) is 11.8 Å². The number of carbonyl (C=O) groups is 2. The highest BCUT2D eigenvalue weighted by Crippen LogP contribution is 2.17. The fraction of sp³-hybridized carbons (Fsp3) is 0.118. The molecule has 7 nitrogen and oxygen atoms in total. The average molecular weight is 324 g/mol. The molecule has 0 fully saturated rings. The molecule has 3 N–H and O–H groups in total. The Morgan fingerprint density at radius 1 is 1.08 bits per heavy atom. The smallest absolute Gasteiger partial charge is 0.318 e. The van der Waals surface area contributed by atoms with Gasteiger partial charge in [-0.2, -0.15) is 5.26 Å². The molecule has 3 amide bonds. The zero-order chi connectivity index (χ0) is 17.4. The first-order valence-electron chi connectivity index (χ1n) is 7.13. The summed E-state index contributed by atoms with van der Waals surface area (Å²) in [5.41, 5.74) is 1.43. The van der Waals surface area contributed by atoms with Crippen molar-refractivity contribution < 1.29 is 14.3 Å². The van der Waals surface area contributed by atoms with Gasteiger partial charge in [0.25, 0.3) is 5.91 Å². The average Bonchev–Trinajstić information content (AvgIpc) is 2.60. The summed E-state index contributed by atoms with van der Waals surface area (Å²) < 4.78 is 5.36. The fourth-order valence-electron chi connectivity index (χ4n) is 1.89. The molecule has 0 spiro atoms. The molecule has 2 aromatic carbocycles. The van der Waals surface area contributed by atoms with Crippen molar-refractivity contribution in [2.45, 2.75) is 0 Å². The van der Waals surface area contributed by atoms with Gasteiger partial charge in [-0.25, -0.2) is 4.79 Å². The molecule has 0 saturated carbocycles. The van der Waals surface area contributed by atoms with Gasteiger partial charge in [0.15, 0.2) is 6.61 Å². The van der Waals surface area contributed by atoms with E-state index in [0.717, 1.165) is 0 Å². The molecule has 0 saturated heterocycles. The predicted molar refractivity (Wildman–Crippen MR) is 89.8 cm³/mol. The van der Waals surface area contributed by atoms with Gasteiger partial charge in [0.1, 0.15) is 11.8 Å². The van der Waals surface area contributed by atoms with E-state index in [4.69, 9.17) is 10.00 Å². The Balaban J connectivity index is 1.94. The molecule has 7 heteroatoms. The number of nitriles is 1. The molecule has 0 heterocycles. The number of rotatable bonds is 5. The predicted octanol–water partition coefficient (Wildman–Crippen LogP) is 2.33. The normalized spacial score (nSPS) is 9.50. The van der Waals surface area contributed by atoms with E-state index in [1.165, 1.54) is 7.05 Å². The van der Waals surface area contributed by atoms with Gasteiger partial charge in [0.2, 0.25) is 0 Å². The number of hydrogen-bond acceptors (Lipinski definition) is 4. The van der Waals surface area contributed by atoms with E-state index in [1.807, 2.05) is 6.07 Å². The second-order valence-electron chi connectivity index (χ2n) is 4.73. The summed E-state index contributed by atoms with van der Waals surface area (Å²) in [5.74, 6) is -0.0231. The lowest BCUT2D eigenvalue weighted by atomic mass is 10.2. The van der Waals surface area contributed by atoms with Crippen LogP contribution in [0.25, 0.3) is 0 Å². The summed E-state index contributed by atoms with van der Waals surface area (Å²) in [4.78, 5) is 23.2. The Labute approximate surface area is 139 Å². The molecule has 0 radical (unpaired) electrons. The highest BCUT2D eigenvalue weighted by molar-refractivity contribution is 5.94. The van der Waals surface area contributed by atoms with Crippen LogP contribution in [0.15, 0.2) is 48.5 Å². The Bertz CT molecular complexity index is 783. The first-order chi connectivity index (χ1) is 11.6. The molecule has 0 aliphatic rings. The zero-order valence-electron chi connectivity index (χ0n) is 13.0. The van der Waals surface area contributed by atoms with Crippen LogP contribution in [-0.4, -0.2) is 25.6 Å². The van der Waals surface area contributed by atoms with Gasteiger partial charge >= 0.3 is 6.03 Å². The second-order valence-corrected chi connectivity index (χ2v) is 4.73. The molecule has 0 aliphatic heterocycles. The number of para-hydroxylation sites is 1. The van der Waals surface area contributed by atoms with Gasteiger partial charge in [-0.3, -0.25) is 4.79 Å². The van der Waals surface area contributed by atoms with Crippen LogP contribution in [0.4, 0.5) is 16.2 Å².